The zero-order valence-electron chi connectivity index (χ0n) is 5.29. The lowest BCUT2D eigenvalue weighted by Crippen LogP contribution is -2.10. The van der Waals surface area contributed by atoms with Crippen molar-refractivity contribution in [2.45, 2.75) is 13.0 Å². The first-order chi connectivity index (χ1) is 4.24. The molecule has 0 radical (unpaired) electrons. The second-order valence-electron chi connectivity index (χ2n) is 2.28. The van der Waals surface area contributed by atoms with E-state index in [9.17, 15) is 4.79 Å². The summed E-state index contributed by atoms with van der Waals surface area (Å²) >= 11 is 0. The van der Waals surface area contributed by atoms with Crippen LogP contribution in [0.4, 0.5) is 0 Å². The van der Waals surface area contributed by atoms with Crippen LogP contribution in [0.3, 0.4) is 0 Å². The summed E-state index contributed by atoms with van der Waals surface area (Å²) in [6.07, 6.45) is 0. The standard InChI is InChI=1S/C6H8N2O/c1-5(9)3-8-4-6(8)2-7/h6H,3-4H2,1H3. The largest absolute Gasteiger partial charge is 0.299 e. The zero-order valence-corrected chi connectivity index (χ0v) is 5.29. The molecule has 2 atom stereocenters. The second kappa shape index (κ2) is 2.16. The van der Waals surface area contributed by atoms with Gasteiger partial charge in [-0.3, -0.25) is 9.69 Å². The summed E-state index contributed by atoms with van der Waals surface area (Å²) in [5.41, 5.74) is 0. The van der Waals surface area contributed by atoms with E-state index in [1.807, 2.05) is 4.90 Å². The van der Waals surface area contributed by atoms with Gasteiger partial charge in [-0.1, -0.05) is 0 Å². The molecule has 1 aliphatic rings. The number of nitriles is 1. The van der Waals surface area contributed by atoms with Crippen molar-refractivity contribution >= 4 is 5.78 Å². The van der Waals surface area contributed by atoms with Crippen molar-refractivity contribution < 1.29 is 4.79 Å². The fourth-order valence-corrected chi connectivity index (χ4v) is 0.758. The normalized spacial score (nSPS) is 31.1. The van der Waals surface area contributed by atoms with E-state index < -0.39 is 0 Å². The molecular weight excluding hydrogens is 116 g/mol. The molecule has 0 amide bonds. The molecule has 1 aliphatic heterocycles. The third-order valence-electron chi connectivity index (χ3n) is 1.29. The fourth-order valence-electron chi connectivity index (χ4n) is 0.758. The highest BCUT2D eigenvalue weighted by Gasteiger charge is 2.34. The lowest BCUT2D eigenvalue weighted by atomic mass is 10.4. The van der Waals surface area contributed by atoms with Gasteiger partial charge in [0, 0.05) is 6.54 Å². The molecule has 48 valence electrons. The maximum atomic E-state index is 10.4. The first-order valence-electron chi connectivity index (χ1n) is 2.87. The Morgan fingerprint density at radius 3 is 3.00 bits per heavy atom. The Morgan fingerprint density at radius 2 is 2.67 bits per heavy atom. The summed E-state index contributed by atoms with van der Waals surface area (Å²) in [5, 5.41) is 8.29. The number of ketones is 1. The van der Waals surface area contributed by atoms with E-state index in [1.165, 1.54) is 6.92 Å². The molecular formula is C6H8N2O. The summed E-state index contributed by atoms with van der Waals surface area (Å²) in [6.45, 7) is 2.75. The average Bonchev–Trinajstić information content (AvgIpc) is 2.45. The molecule has 0 bridgehead atoms. The number of hydrogen-bond acceptors (Lipinski definition) is 3. The van der Waals surface area contributed by atoms with Crippen molar-refractivity contribution in [3.63, 3.8) is 0 Å². The molecule has 2 unspecified atom stereocenters. The van der Waals surface area contributed by atoms with Crippen LogP contribution < -0.4 is 0 Å². The molecule has 1 rings (SSSR count). The Hall–Kier alpha value is -0.880. The van der Waals surface area contributed by atoms with Gasteiger partial charge in [0.1, 0.15) is 11.8 Å². The van der Waals surface area contributed by atoms with Crippen LogP contribution >= 0.6 is 0 Å². The smallest absolute Gasteiger partial charge is 0.143 e. The number of carbonyl (C=O) groups excluding carboxylic acids is 1. The summed E-state index contributed by atoms with van der Waals surface area (Å²) in [5.74, 6) is 0.132. The van der Waals surface area contributed by atoms with E-state index >= 15 is 0 Å². The van der Waals surface area contributed by atoms with Crippen LogP contribution in [0, 0.1) is 11.3 Å². The van der Waals surface area contributed by atoms with Crippen molar-refractivity contribution in [3.05, 3.63) is 0 Å². The highest BCUT2D eigenvalue weighted by Crippen LogP contribution is 2.14. The Labute approximate surface area is 53.9 Å². The van der Waals surface area contributed by atoms with E-state index in [0.29, 0.717) is 6.54 Å². The number of rotatable bonds is 2. The molecule has 3 nitrogen and oxygen atoms in total. The van der Waals surface area contributed by atoms with E-state index in [2.05, 4.69) is 6.07 Å². The van der Waals surface area contributed by atoms with Gasteiger partial charge >= 0.3 is 0 Å². The lowest BCUT2D eigenvalue weighted by molar-refractivity contribution is -0.117. The molecule has 1 saturated heterocycles. The van der Waals surface area contributed by atoms with E-state index in [1.54, 1.807) is 0 Å². The van der Waals surface area contributed by atoms with Crippen molar-refractivity contribution in [2.24, 2.45) is 0 Å². The van der Waals surface area contributed by atoms with Crippen LogP contribution in [0.25, 0.3) is 0 Å². The average molecular weight is 124 g/mol. The Morgan fingerprint density at radius 1 is 2.00 bits per heavy atom. The van der Waals surface area contributed by atoms with Gasteiger partial charge in [-0.25, -0.2) is 0 Å². The monoisotopic (exact) mass is 124 g/mol. The summed E-state index contributed by atoms with van der Waals surface area (Å²) in [6, 6.07) is 2.09. The third kappa shape index (κ3) is 1.51. The van der Waals surface area contributed by atoms with E-state index in [0.717, 1.165) is 6.54 Å². The molecule has 1 fully saturated rings. The van der Waals surface area contributed by atoms with Crippen LogP contribution in [0.2, 0.25) is 0 Å². The fraction of sp³-hybridized carbons (Fsp3) is 0.667. The van der Waals surface area contributed by atoms with Crippen LogP contribution in [0.1, 0.15) is 6.92 Å². The predicted octanol–water partition coefficient (Wildman–Crippen LogP) is -0.217. The molecule has 0 aromatic rings. The van der Waals surface area contributed by atoms with Gasteiger partial charge in [0.25, 0.3) is 0 Å². The summed E-state index contributed by atoms with van der Waals surface area (Å²) in [7, 11) is 0. The van der Waals surface area contributed by atoms with Gasteiger partial charge in [-0.05, 0) is 6.92 Å². The Bertz CT molecular complexity index is 170. The molecule has 3 heteroatoms. The van der Waals surface area contributed by atoms with E-state index in [-0.39, 0.29) is 11.8 Å². The molecule has 0 aliphatic carbocycles. The van der Waals surface area contributed by atoms with Gasteiger partial charge in [-0.2, -0.15) is 5.26 Å². The lowest BCUT2D eigenvalue weighted by Gasteiger charge is -1.91. The van der Waals surface area contributed by atoms with Gasteiger partial charge in [0.15, 0.2) is 0 Å². The minimum absolute atomic E-state index is 0.0221. The molecule has 9 heavy (non-hydrogen) atoms. The molecule has 1 heterocycles. The molecule has 0 spiro atoms. The SMILES string of the molecule is CC(=O)CN1CC1C#N. The van der Waals surface area contributed by atoms with Gasteiger partial charge in [0.2, 0.25) is 0 Å². The van der Waals surface area contributed by atoms with Crippen LogP contribution in [-0.2, 0) is 4.79 Å². The third-order valence-corrected chi connectivity index (χ3v) is 1.29. The highest BCUT2D eigenvalue weighted by molar-refractivity contribution is 5.78. The van der Waals surface area contributed by atoms with Gasteiger partial charge in [-0.15, -0.1) is 0 Å². The molecule has 0 aromatic carbocycles. The van der Waals surface area contributed by atoms with Crippen LogP contribution in [0.5, 0.6) is 0 Å². The minimum atomic E-state index is 0.0221. The first-order valence-corrected chi connectivity index (χ1v) is 2.87. The van der Waals surface area contributed by atoms with Crippen molar-refractivity contribution in [2.75, 3.05) is 13.1 Å². The highest BCUT2D eigenvalue weighted by atomic mass is 16.1. The zero-order chi connectivity index (χ0) is 6.85. The first kappa shape index (κ1) is 6.24. The van der Waals surface area contributed by atoms with Crippen molar-refractivity contribution in [1.29, 1.82) is 5.26 Å². The number of hydrogen-bond donors (Lipinski definition) is 0. The molecule has 0 N–H and O–H groups in total. The maximum absolute atomic E-state index is 10.4. The quantitative estimate of drug-likeness (QED) is 0.478. The number of carbonyl (C=O) groups is 1. The maximum Gasteiger partial charge on any atom is 0.143 e. The Kier molecular flexibility index (Phi) is 1.50. The van der Waals surface area contributed by atoms with Crippen LogP contribution in [0.15, 0.2) is 0 Å². The van der Waals surface area contributed by atoms with Gasteiger partial charge < -0.3 is 0 Å². The second-order valence-corrected chi connectivity index (χ2v) is 2.28. The predicted molar refractivity (Wildman–Crippen MR) is 31.7 cm³/mol. The van der Waals surface area contributed by atoms with Gasteiger partial charge in [0.05, 0.1) is 12.6 Å². The summed E-state index contributed by atoms with van der Waals surface area (Å²) < 4.78 is 0. The Balaban J connectivity index is 2.22. The van der Waals surface area contributed by atoms with Crippen molar-refractivity contribution in [1.82, 2.24) is 4.90 Å². The van der Waals surface area contributed by atoms with E-state index in [4.69, 9.17) is 5.26 Å². The topological polar surface area (TPSA) is 43.9 Å². The number of nitrogens with zero attached hydrogens (tertiary/aromatic N) is 2. The van der Waals surface area contributed by atoms with Crippen LogP contribution in [-0.4, -0.2) is 29.8 Å². The molecule has 0 aromatic heterocycles. The molecule has 0 saturated carbocycles. The minimum Gasteiger partial charge on any atom is -0.299 e. The van der Waals surface area contributed by atoms with Crippen molar-refractivity contribution in [3.8, 4) is 6.07 Å². The number of Topliss-reactive ketones (excluding diaryl/α,β-unsaturated/α-hetero) is 1. The summed E-state index contributed by atoms with van der Waals surface area (Å²) in [4.78, 5) is 12.2.